The number of rotatable bonds is 7. The molecule has 0 atom stereocenters. The van der Waals surface area contributed by atoms with Crippen LogP contribution in [-0.4, -0.2) is 34.0 Å². The minimum atomic E-state index is -0.225. The van der Waals surface area contributed by atoms with Crippen LogP contribution >= 0.6 is 0 Å². The number of fused-ring (bicyclic) bond motifs is 1. The minimum Gasteiger partial charge on any atom is -0.497 e. The first-order chi connectivity index (χ1) is 13.1. The Bertz CT molecular complexity index is 1010. The van der Waals surface area contributed by atoms with Crippen LogP contribution < -0.4 is 10.3 Å². The van der Waals surface area contributed by atoms with Crippen LogP contribution in [0.1, 0.15) is 5.56 Å². The van der Waals surface area contributed by atoms with Gasteiger partial charge in [-0.2, -0.15) is 0 Å². The molecule has 0 aliphatic rings. The van der Waals surface area contributed by atoms with E-state index in [9.17, 15) is 9.59 Å². The highest BCUT2D eigenvalue weighted by atomic mass is 16.5. The molecule has 2 aromatic carbocycles. The van der Waals surface area contributed by atoms with Crippen molar-refractivity contribution in [3.8, 4) is 5.75 Å². The van der Waals surface area contributed by atoms with Crippen LogP contribution in [0.5, 0.6) is 5.75 Å². The molecule has 0 spiro atoms. The topological polar surface area (TPSA) is 64.4 Å². The molecule has 6 nitrogen and oxygen atoms in total. The SMILES string of the molecule is C=CCN(Cc1ccc(OC)cc1)C(=O)Cn1cnc2ccccc2c1=O. The van der Waals surface area contributed by atoms with Gasteiger partial charge in [-0.25, -0.2) is 4.98 Å². The first-order valence-electron chi connectivity index (χ1n) is 8.58. The normalized spacial score (nSPS) is 10.6. The number of carbonyl (C=O) groups is 1. The van der Waals surface area contributed by atoms with E-state index in [1.165, 1.54) is 10.9 Å². The van der Waals surface area contributed by atoms with Crippen molar-refractivity contribution in [2.24, 2.45) is 0 Å². The molecule has 0 saturated heterocycles. The molecule has 3 aromatic rings. The molecule has 0 unspecified atom stereocenters. The van der Waals surface area contributed by atoms with Crippen LogP contribution in [0, 0.1) is 0 Å². The van der Waals surface area contributed by atoms with Gasteiger partial charge in [-0.05, 0) is 29.8 Å². The molecular weight excluding hydrogens is 342 g/mol. The molecule has 0 radical (unpaired) electrons. The molecule has 0 bridgehead atoms. The lowest BCUT2D eigenvalue weighted by molar-refractivity contribution is -0.132. The summed E-state index contributed by atoms with van der Waals surface area (Å²) in [6, 6.07) is 14.6. The average Bonchev–Trinajstić information content (AvgIpc) is 2.70. The van der Waals surface area contributed by atoms with Crippen molar-refractivity contribution >= 4 is 16.8 Å². The summed E-state index contributed by atoms with van der Waals surface area (Å²) in [6.45, 7) is 4.46. The minimum absolute atomic E-state index is 0.0688. The summed E-state index contributed by atoms with van der Waals surface area (Å²) in [5.74, 6) is 0.582. The van der Waals surface area contributed by atoms with Crippen molar-refractivity contribution in [3.05, 3.63) is 83.4 Å². The molecule has 0 fully saturated rings. The maximum atomic E-state index is 12.8. The largest absolute Gasteiger partial charge is 0.497 e. The summed E-state index contributed by atoms with van der Waals surface area (Å²) in [6.07, 6.45) is 3.09. The Kier molecular flexibility index (Phi) is 5.66. The third-order valence-corrected chi connectivity index (χ3v) is 4.27. The van der Waals surface area contributed by atoms with Gasteiger partial charge in [0.15, 0.2) is 0 Å². The second kappa shape index (κ2) is 8.31. The zero-order chi connectivity index (χ0) is 19.2. The fraction of sp³-hybridized carbons (Fsp3) is 0.190. The molecular formula is C21H21N3O3. The summed E-state index contributed by atoms with van der Waals surface area (Å²) in [5.41, 5.74) is 1.36. The van der Waals surface area contributed by atoms with Crippen LogP contribution in [0.4, 0.5) is 0 Å². The second-order valence-corrected chi connectivity index (χ2v) is 6.11. The van der Waals surface area contributed by atoms with E-state index in [1.807, 2.05) is 30.3 Å². The van der Waals surface area contributed by atoms with Gasteiger partial charge in [-0.1, -0.05) is 30.3 Å². The van der Waals surface area contributed by atoms with Crippen LogP contribution in [0.25, 0.3) is 10.9 Å². The summed E-state index contributed by atoms with van der Waals surface area (Å²) in [4.78, 5) is 31.3. The molecule has 1 amide bonds. The smallest absolute Gasteiger partial charge is 0.261 e. The maximum Gasteiger partial charge on any atom is 0.261 e. The summed E-state index contributed by atoms with van der Waals surface area (Å²) >= 11 is 0. The van der Waals surface area contributed by atoms with Gasteiger partial charge in [0, 0.05) is 13.1 Å². The Hall–Kier alpha value is -3.41. The Morgan fingerprint density at radius 3 is 2.67 bits per heavy atom. The Balaban J connectivity index is 1.79. The number of amides is 1. The van der Waals surface area contributed by atoms with Gasteiger partial charge in [0.1, 0.15) is 12.3 Å². The van der Waals surface area contributed by atoms with Gasteiger partial charge in [-0.15, -0.1) is 6.58 Å². The lowest BCUT2D eigenvalue weighted by Crippen LogP contribution is -2.36. The highest BCUT2D eigenvalue weighted by Gasteiger charge is 2.15. The average molecular weight is 363 g/mol. The lowest BCUT2D eigenvalue weighted by Gasteiger charge is -2.22. The molecule has 0 N–H and O–H groups in total. The highest BCUT2D eigenvalue weighted by molar-refractivity contribution is 5.79. The van der Waals surface area contributed by atoms with Crippen molar-refractivity contribution in [1.82, 2.24) is 14.5 Å². The van der Waals surface area contributed by atoms with E-state index in [2.05, 4.69) is 11.6 Å². The van der Waals surface area contributed by atoms with Gasteiger partial charge in [0.25, 0.3) is 5.56 Å². The molecule has 0 aliphatic carbocycles. The molecule has 1 aromatic heterocycles. The van der Waals surface area contributed by atoms with Crippen LogP contribution in [0.3, 0.4) is 0 Å². The third-order valence-electron chi connectivity index (χ3n) is 4.27. The molecule has 0 saturated carbocycles. The predicted molar refractivity (Wildman–Crippen MR) is 105 cm³/mol. The van der Waals surface area contributed by atoms with E-state index in [1.54, 1.807) is 36.3 Å². The van der Waals surface area contributed by atoms with E-state index in [-0.39, 0.29) is 18.0 Å². The molecule has 1 heterocycles. The first kappa shape index (κ1) is 18.4. The van der Waals surface area contributed by atoms with Gasteiger partial charge in [0.05, 0.1) is 24.3 Å². The number of hydrogen-bond acceptors (Lipinski definition) is 4. The van der Waals surface area contributed by atoms with Gasteiger partial charge in [-0.3, -0.25) is 14.2 Å². The molecule has 0 aliphatic heterocycles. The number of methoxy groups -OCH3 is 1. The third kappa shape index (κ3) is 4.23. The number of nitrogens with zero attached hydrogens (tertiary/aromatic N) is 3. The standard InChI is InChI=1S/C21H21N3O3/c1-3-12-23(13-16-8-10-17(27-2)11-9-16)20(25)14-24-15-22-19-7-5-4-6-18(19)21(24)26/h3-11,15H,1,12-14H2,2H3. The van der Waals surface area contributed by atoms with E-state index in [0.29, 0.717) is 24.0 Å². The number of aromatic nitrogens is 2. The number of para-hydroxylation sites is 1. The monoisotopic (exact) mass is 363 g/mol. The fourth-order valence-electron chi connectivity index (χ4n) is 2.83. The van der Waals surface area contributed by atoms with Crippen LogP contribution in [0.15, 0.2) is 72.3 Å². The maximum absolute atomic E-state index is 12.8. The van der Waals surface area contributed by atoms with Gasteiger partial charge >= 0.3 is 0 Å². The van der Waals surface area contributed by atoms with Crippen molar-refractivity contribution in [3.63, 3.8) is 0 Å². The zero-order valence-electron chi connectivity index (χ0n) is 15.2. The zero-order valence-corrected chi connectivity index (χ0v) is 15.2. The van der Waals surface area contributed by atoms with E-state index < -0.39 is 0 Å². The van der Waals surface area contributed by atoms with Crippen LogP contribution in [0.2, 0.25) is 0 Å². The predicted octanol–water partition coefficient (Wildman–Crippen LogP) is 2.62. The molecule has 6 heteroatoms. The number of benzene rings is 2. The van der Waals surface area contributed by atoms with Crippen molar-refractivity contribution in [2.45, 2.75) is 13.1 Å². The van der Waals surface area contributed by atoms with Gasteiger partial charge in [0.2, 0.25) is 5.91 Å². The quantitative estimate of drug-likeness (QED) is 0.606. The van der Waals surface area contributed by atoms with Crippen molar-refractivity contribution in [2.75, 3.05) is 13.7 Å². The van der Waals surface area contributed by atoms with Gasteiger partial charge < -0.3 is 9.64 Å². The Morgan fingerprint density at radius 2 is 1.96 bits per heavy atom. The molecule has 27 heavy (non-hydrogen) atoms. The van der Waals surface area contributed by atoms with E-state index in [0.717, 1.165) is 11.3 Å². The number of carbonyl (C=O) groups excluding carboxylic acids is 1. The summed E-state index contributed by atoms with van der Waals surface area (Å²) in [5, 5.41) is 0.498. The number of hydrogen-bond donors (Lipinski definition) is 0. The van der Waals surface area contributed by atoms with E-state index >= 15 is 0 Å². The van der Waals surface area contributed by atoms with E-state index in [4.69, 9.17) is 4.74 Å². The van der Waals surface area contributed by atoms with Crippen LogP contribution in [-0.2, 0) is 17.9 Å². The van der Waals surface area contributed by atoms with Crippen molar-refractivity contribution < 1.29 is 9.53 Å². The Morgan fingerprint density at radius 1 is 1.22 bits per heavy atom. The number of ether oxygens (including phenoxy) is 1. The molecule has 138 valence electrons. The lowest BCUT2D eigenvalue weighted by atomic mass is 10.2. The molecule has 3 rings (SSSR count). The highest BCUT2D eigenvalue weighted by Crippen LogP contribution is 2.13. The summed E-state index contributed by atoms with van der Waals surface area (Å²) in [7, 11) is 1.61. The van der Waals surface area contributed by atoms with Crippen molar-refractivity contribution in [1.29, 1.82) is 0 Å². The first-order valence-corrected chi connectivity index (χ1v) is 8.58. The fourth-order valence-corrected chi connectivity index (χ4v) is 2.83. The second-order valence-electron chi connectivity index (χ2n) is 6.11. The Labute approximate surface area is 157 Å². The summed E-state index contributed by atoms with van der Waals surface area (Å²) < 4.78 is 6.50.